The Hall–Kier alpha value is -2.36. The summed E-state index contributed by atoms with van der Waals surface area (Å²) in [5.41, 5.74) is 2.86. The predicted molar refractivity (Wildman–Crippen MR) is 80.6 cm³/mol. The first-order valence-electron chi connectivity index (χ1n) is 6.31. The van der Waals surface area contributed by atoms with E-state index in [4.69, 9.17) is 14.2 Å². The highest BCUT2D eigenvalue weighted by molar-refractivity contribution is 5.70. The Kier molecular flexibility index (Phi) is 4.35. The summed E-state index contributed by atoms with van der Waals surface area (Å²) < 4.78 is 16.0. The minimum absolute atomic E-state index is 0.735. The lowest BCUT2D eigenvalue weighted by atomic mass is 10.2. The zero-order valence-corrected chi connectivity index (χ0v) is 12.2. The molecule has 0 aliphatic rings. The van der Waals surface area contributed by atoms with Crippen molar-refractivity contribution in [2.24, 2.45) is 0 Å². The Morgan fingerprint density at radius 1 is 0.850 bits per heavy atom. The van der Waals surface area contributed by atoms with Crippen LogP contribution in [-0.2, 0) is 0 Å². The number of para-hydroxylation sites is 1. The molecule has 0 bridgehead atoms. The maximum absolute atomic E-state index is 5.44. The van der Waals surface area contributed by atoms with Crippen molar-refractivity contribution in [2.75, 3.05) is 26.6 Å². The van der Waals surface area contributed by atoms with Gasteiger partial charge in [0.25, 0.3) is 0 Å². The highest BCUT2D eigenvalue weighted by Crippen LogP contribution is 2.33. The monoisotopic (exact) mass is 273 g/mol. The van der Waals surface area contributed by atoms with E-state index in [2.05, 4.69) is 5.32 Å². The second-order valence-electron chi connectivity index (χ2n) is 4.38. The molecular formula is C16H19NO3. The zero-order chi connectivity index (χ0) is 14.5. The molecule has 4 heteroatoms. The maximum Gasteiger partial charge on any atom is 0.145 e. The van der Waals surface area contributed by atoms with Crippen LogP contribution in [0.15, 0.2) is 36.4 Å². The van der Waals surface area contributed by atoms with Crippen molar-refractivity contribution in [3.63, 3.8) is 0 Å². The Balaban J connectivity index is 2.37. The fourth-order valence-electron chi connectivity index (χ4n) is 2.06. The predicted octanol–water partition coefficient (Wildman–Crippen LogP) is 3.76. The van der Waals surface area contributed by atoms with E-state index in [0.717, 1.165) is 34.2 Å². The number of hydrogen-bond acceptors (Lipinski definition) is 4. The van der Waals surface area contributed by atoms with Crippen molar-refractivity contribution in [1.82, 2.24) is 0 Å². The second-order valence-corrected chi connectivity index (χ2v) is 4.38. The van der Waals surface area contributed by atoms with Crippen LogP contribution in [0.2, 0.25) is 0 Å². The molecule has 2 rings (SSSR count). The van der Waals surface area contributed by atoms with E-state index >= 15 is 0 Å². The summed E-state index contributed by atoms with van der Waals surface area (Å²) in [5.74, 6) is 2.30. The lowest BCUT2D eigenvalue weighted by Crippen LogP contribution is -1.97. The molecule has 0 amide bonds. The molecule has 0 aromatic heterocycles. The largest absolute Gasteiger partial charge is 0.497 e. The molecule has 0 unspecified atom stereocenters. The molecule has 2 aromatic rings. The summed E-state index contributed by atoms with van der Waals surface area (Å²) >= 11 is 0. The van der Waals surface area contributed by atoms with E-state index in [1.165, 1.54) is 0 Å². The third-order valence-electron chi connectivity index (χ3n) is 3.05. The van der Waals surface area contributed by atoms with Crippen molar-refractivity contribution >= 4 is 11.4 Å². The molecule has 0 fully saturated rings. The van der Waals surface area contributed by atoms with Crippen LogP contribution < -0.4 is 19.5 Å². The Morgan fingerprint density at radius 3 is 2.05 bits per heavy atom. The van der Waals surface area contributed by atoms with Crippen molar-refractivity contribution in [3.8, 4) is 17.2 Å². The molecule has 0 saturated heterocycles. The van der Waals surface area contributed by atoms with Gasteiger partial charge in [-0.05, 0) is 18.6 Å². The van der Waals surface area contributed by atoms with Gasteiger partial charge in [-0.2, -0.15) is 0 Å². The van der Waals surface area contributed by atoms with Crippen LogP contribution in [0.1, 0.15) is 5.56 Å². The second kappa shape index (κ2) is 6.19. The number of aryl methyl sites for hydroxylation is 1. The maximum atomic E-state index is 5.44. The Bertz CT molecular complexity index is 574. The first kappa shape index (κ1) is 14.1. The van der Waals surface area contributed by atoms with Crippen LogP contribution in [0.5, 0.6) is 17.2 Å². The summed E-state index contributed by atoms with van der Waals surface area (Å²) in [6, 6.07) is 11.6. The zero-order valence-electron chi connectivity index (χ0n) is 12.2. The highest BCUT2D eigenvalue weighted by Gasteiger charge is 2.08. The van der Waals surface area contributed by atoms with Gasteiger partial charge in [-0.15, -0.1) is 0 Å². The van der Waals surface area contributed by atoms with Crippen molar-refractivity contribution in [3.05, 3.63) is 42.0 Å². The van der Waals surface area contributed by atoms with E-state index in [1.807, 2.05) is 43.3 Å². The van der Waals surface area contributed by atoms with Gasteiger partial charge in [0.15, 0.2) is 0 Å². The quantitative estimate of drug-likeness (QED) is 0.900. The number of ether oxygens (including phenoxy) is 3. The third-order valence-corrected chi connectivity index (χ3v) is 3.05. The molecule has 0 saturated carbocycles. The highest BCUT2D eigenvalue weighted by atomic mass is 16.5. The van der Waals surface area contributed by atoms with Gasteiger partial charge in [-0.3, -0.25) is 0 Å². The van der Waals surface area contributed by atoms with Crippen LogP contribution in [0, 0.1) is 6.92 Å². The van der Waals surface area contributed by atoms with Crippen LogP contribution in [0.3, 0.4) is 0 Å². The summed E-state index contributed by atoms with van der Waals surface area (Å²) in [6.45, 7) is 2.01. The van der Waals surface area contributed by atoms with Crippen molar-refractivity contribution < 1.29 is 14.2 Å². The van der Waals surface area contributed by atoms with Crippen LogP contribution in [-0.4, -0.2) is 21.3 Å². The number of methoxy groups -OCH3 is 3. The minimum Gasteiger partial charge on any atom is -0.497 e. The lowest BCUT2D eigenvalue weighted by molar-refractivity contribution is 0.394. The van der Waals surface area contributed by atoms with Gasteiger partial charge in [0.05, 0.1) is 27.0 Å². The number of benzene rings is 2. The molecule has 20 heavy (non-hydrogen) atoms. The summed E-state index contributed by atoms with van der Waals surface area (Å²) in [7, 11) is 4.93. The molecular weight excluding hydrogens is 254 g/mol. The van der Waals surface area contributed by atoms with Gasteiger partial charge < -0.3 is 19.5 Å². The molecule has 2 aromatic carbocycles. The normalized spacial score (nSPS) is 10.0. The number of hydrogen-bond donors (Lipinski definition) is 1. The van der Waals surface area contributed by atoms with Gasteiger partial charge in [0.2, 0.25) is 0 Å². The number of rotatable bonds is 5. The minimum atomic E-state index is 0.735. The van der Waals surface area contributed by atoms with Gasteiger partial charge in [-0.25, -0.2) is 0 Å². The van der Waals surface area contributed by atoms with Gasteiger partial charge >= 0.3 is 0 Å². The molecule has 106 valence electrons. The summed E-state index contributed by atoms with van der Waals surface area (Å²) in [4.78, 5) is 0. The van der Waals surface area contributed by atoms with Crippen LogP contribution in [0.25, 0.3) is 0 Å². The molecule has 0 radical (unpaired) electrons. The van der Waals surface area contributed by atoms with Crippen LogP contribution >= 0.6 is 0 Å². The van der Waals surface area contributed by atoms with E-state index in [0.29, 0.717) is 0 Å². The molecule has 4 nitrogen and oxygen atoms in total. The lowest BCUT2D eigenvalue weighted by Gasteiger charge is -2.14. The van der Waals surface area contributed by atoms with E-state index in [-0.39, 0.29) is 0 Å². The Labute approximate surface area is 119 Å². The summed E-state index contributed by atoms with van der Waals surface area (Å²) in [5, 5.41) is 3.33. The smallest absolute Gasteiger partial charge is 0.145 e. The SMILES string of the molecule is COc1cc(Nc2cccc(C)c2OC)cc(OC)c1. The Morgan fingerprint density at radius 2 is 1.50 bits per heavy atom. The fourth-order valence-corrected chi connectivity index (χ4v) is 2.06. The molecule has 0 heterocycles. The topological polar surface area (TPSA) is 39.7 Å². The first-order chi connectivity index (χ1) is 9.67. The molecule has 0 aliphatic carbocycles. The first-order valence-corrected chi connectivity index (χ1v) is 6.31. The van der Waals surface area contributed by atoms with E-state index < -0.39 is 0 Å². The fraction of sp³-hybridized carbons (Fsp3) is 0.250. The van der Waals surface area contributed by atoms with Crippen molar-refractivity contribution in [1.29, 1.82) is 0 Å². The average molecular weight is 273 g/mol. The standard InChI is InChI=1S/C16H19NO3/c1-11-6-5-7-15(16(11)20-4)17-12-8-13(18-2)10-14(9-12)19-3/h5-10,17H,1-4H3. The molecule has 1 N–H and O–H groups in total. The molecule has 0 spiro atoms. The summed E-state index contributed by atoms with van der Waals surface area (Å²) in [6.07, 6.45) is 0. The van der Waals surface area contributed by atoms with Gasteiger partial charge in [0, 0.05) is 23.9 Å². The average Bonchev–Trinajstić information content (AvgIpc) is 2.47. The van der Waals surface area contributed by atoms with Crippen molar-refractivity contribution in [2.45, 2.75) is 6.92 Å². The number of nitrogens with one attached hydrogen (secondary N) is 1. The third kappa shape index (κ3) is 2.96. The van der Waals surface area contributed by atoms with Gasteiger partial charge in [-0.1, -0.05) is 12.1 Å². The van der Waals surface area contributed by atoms with E-state index in [1.54, 1.807) is 21.3 Å². The molecule has 0 atom stereocenters. The molecule has 0 aliphatic heterocycles. The van der Waals surface area contributed by atoms with Gasteiger partial charge in [0.1, 0.15) is 17.2 Å². The number of anilines is 2. The van der Waals surface area contributed by atoms with E-state index in [9.17, 15) is 0 Å². The van der Waals surface area contributed by atoms with Crippen LogP contribution in [0.4, 0.5) is 11.4 Å².